The Balaban J connectivity index is 1.87. The summed E-state index contributed by atoms with van der Waals surface area (Å²) in [7, 11) is 0. The van der Waals surface area contributed by atoms with Gasteiger partial charge in [0.05, 0.1) is 4.91 Å². The van der Waals surface area contributed by atoms with Crippen LogP contribution in [0.25, 0.3) is 6.08 Å². The molecule has 5 nitrogen and oxygen atoms in total. The average Bonchev–Trinajstić information content (AvgIpc) is 3.03. The van der Waals surface area contributed by atoms with Crippen LogP contribution in [0.3, 0.4) is 0 Å². The Kier molecular flexibility index (Phi) is 4.44. The molecule has 1 aromatic rings. The highest BCUT2D eigenvalue weighted by Crippen LogP contribution is 2.39. The molecule has 0 radical (unpaired) electrons. The van der Waals surface area contributed by atoms with E-state index in [4.69, 9.17) is 9.47 Å². The SMILES string of the molecule is CCCCN1C(=O)S/C(=C\c2cc3c(cc2Br)OCO3)C1=O. The molecule has 116 valence electrons. The number of amides is 2. The van der Waals surface area contributed by atoms with Gasteiger partial charge in [0.1, 0.15) is 0 Å². The highest BCUT2D eigenvalue weighted by atomic mass is 79.9. The number of hydrogen-bond acceptors (Lipinski definition) is 5. The first kappa shape index (κ1) is 15.4. The van der Waals surface area contributed by atoms with Gasteiger partial charge >= 0.3 is 0 Å². The van der Waals surface area contributed by atoms with E-state index in [1.807, 2.05) is 6.92 Å². The molecule has 0 saturated carbocycles. The van der Waals surface area contributed by atoms with Gasteiger partial charge in [0.2, 0.25) is 6.79 Å². The minimum atomic E-state index is -0.229. The summed E-state index contributed by atoms with van der Waals surface area (Å²) in [5, 5.41) is -0.207. The van der Waals surface area contributed by atoms with Gasteiger partial charge in [-0.1, -0.05) is 29.3 Å². The van der Waals surface area contributed by atoms with E-state index in [1.54, 1.807) is 18.2 Å². The fourth-order valence-electron chi connectivity index (χ4n) is 2.19. The molecule has 0 unspecified atom stereocenters. The normalized spacial score (nSPS) is 18.6. The molecule has 1 fully saturated rings. The van der Waals surface area contributed by atoms with Crippen LogP contribution in [-0.2, 0) is 4.79 Å². The number of ether oxygens (including phenoxy) is 2. The zero-order valence-corrected chi connectivity index (χ0v) is 14.3. The molecular formula is C15H14BrNO4S. The van der Waals surface area contributed by atoms with Crippen molar-refractivity contribution in [1.29, 1.82) is 0 Å². The summed E-state index contributed by atoms with van der Waals surface area (Å²) >= 11 is 4.42. The number of rotatable bonds is 4. The number of unbranched alkanes of at least 4 members (excludes halogenated alkanes) is 1. The second-order valence-electron chi connectivity index (χ2n) is 4.91. The molecule has 3 rings (SSSR count). The van der Waals surface area contributed by atoms with E-state index in [0.29, 0.717) is 22.9 Å². The van der Waals surface area contributed by atoms with Crippen molar-refractivity contribution >= 4 is 44.9 Å². The van der Waals surface area contributed by atoms with Crippen molar-refractivity contribution in [3.8, 4) is 11.5 Å². The number of nitrogens with zero attached hydrogens (tertiary/aromatic N) is 1. The van der Waals surface area contributed by atoms with Gasteiger partial charge in [-0.3, -0.25) is 14.5 Å². The number of carbonyl (C=O) groups is 2. The second kappa shape index (κ2) is 6.34. The van der Waals surface area contributed by atoms with Crippen molar-refractivity contribution < 1.29 is 19.1 Å². The fraction of sp³-hybridized carbons (Fsp3) is 0.333. The molecule has 0 atom stereocenters. The molecule has 2 amide bonds. The van der Waals surface area contributed by atoms with Crippen molar-refractivity contribution in [3.63, 3.8) is 0 Å². The van der Waals surface area contributed by atoms with E-state index < -0.39 is 0 Å². The standard InChI is InChI=1S/C15H14BrNO4S/c1-2-3-4-17-14(18)13(22-15(17)19)6-9-5-11-12(7-10(9)16)21-8-20-11/h5-7H,2-4,8H2,1H3/b13-6-. The van der Waals surface area contributed by atoms with Gasteiger partial charge < -0.3 is 9.47 Å². The Labute approximate surface area is 140 Å². The molecule has 0 aromatic heterocycles. The van der Waals surface area contributed by atoms with Gasteiger partial charge in [-0.2, -0.15) is 0 Å². The summed E-state index contributed by atoms with van der Waals surface area (Å²) < 4.78 is 11.4. The smallest absolute Gasteiger partial charge is 0.293 e. The third kappa shape index (κ3) is 2.87. The summed E-state index contributed by atoms with van der Waals surface area (Å²) in [6.07, 6.45) is 3.47. The first-order chi connectivity index (χ1) is 10.6. The number of fused-ring (bicyclic) bond motifs is 1. The lowest BCUT2D eigenvalue weighted by Gasteiger charge is -2.10. The molecule has 22 heavy (non-hydrogen) atoms. The lowest BCUT2D eigenvalue weighted by molar-refractivity contribution is -0.122. The number of carbonyl (C=O) groups excluding carboxylic acids is 2. The molecule has 2 aliphatic heterocycles. The lowest BCUT2D eigenvalue weighted by atomic mass is 10.2. The number of imide groups is 1. The van der Waals surface area contributed by atoms with Gasteiger partial charge in [-0.05, 0) is 42.0 Å². The maximum absolute atomic E-state index is 12.3. The average molecular weight is 384 g/mol. The number of halogens is 1. The van der Waals surface area contributed by atoms with Crippen LogP contribution in [-0.4, -0.2) is 29.4 Å². The Bertz CT molecular complexity index is 674. The second-order valence-corrected chi connectivity index (χ2v) is 6.76. The van der Waals surface area contributed by atoms with Crippen molar-refractivity contribution in [2.24, 2.45) is 0 Å². The molecule has 1 aromatic carbocycles. The topological polar surface area (TPSA) is 55.8 Å². The molecule has 0 aliphatic carbocycles. The molecule has 1 saturated heterocycles. The minimum absolute atomic E-state index is 0.193. The minimum Gasteiger partial charge on any atom is -0.454 e. The Morgan fingerprint density at radius 3 is 2.77 bits per heavy atom. The van der Waals surface area contributed by atoms with Crippen molar-refractivity contribution in [3.05, 3.63) is 27.1 Å². The van der Waals surface area contributed by atoms with Crippen LogP contribution >= 0.6 is 27.7 Å². The Morgan fingerprint density at radius 1 is 1.32 bits per heavy atom. The summed E-state index contributed by atoms with van der Waals surface area (Å²) in [5.41, 5.74) is 0.783. The van der Waals surface area contributed by atoms with Crippen LogP contribution < -0.4 is 9.47 Å². The zero-order chi connectivity index (χ0) is 15.7. The Morgan fingerprint density at radius 2 is 2.05 bits per heavy atom. The number of benzene rings is 1. The van der Waals surface area contributed by atoms with E-state index >= 15 is 0 Å². The van der Waals surface area contributed by atoms with Gasteiger partial charge in [-0.25, -0.2) is 0 Å². The monoisotopic (exact) mass is 383 g/mol. The summed E-state index contributed by atoms with van der Waals surface area (Å²) in [4.78, 5) is 26.0. The lowest BCUT2D eigenvalue weighted by Crippen LogP contribution is -2.29. The highest BCUT2D eigenvalue weighted by Gasteiger charge is 2.34. The summed E-state index contributed by atoms with van der Waals surface area (Å²) in [5.74, 6) is 1.08. The van der Waals surface area contributed by atoms with Crippen LogP contribution in [0.1, 0.15) is 25.3 Å². The van der Waals surface area contributed by atoms with E-state index in [9.17, 15) is 9.59 Å². The van der Waals surface area contributed by atoms with E-state index in [2.05, 4.69) is 15.9 Å². The molecule has 0 bridgehead atoms. The third-order valence-electron chi connectivity index (χ3n) is 3.39. The van der Waals surface area contributed by atoms with E-state index in [0.717, 1.165) is 34.6 Å². The predicted octanol–water partition coefficient (Wildman–Crippen LogP) is 4.01. The fourth-order valence-corrected chi connectivity index (χ4v) is 3.49. The zero-order valence-electron chi connectivity index (χ0n) is 11.9. The van der Waals surface area contributed by atoms with Gasteiger partial charge in [0, 0.05) is 11.0 Å². The Hall–Kier alpha value is -1.47. The van der Waals surface area contributed by atoms with Crippen molar-refractivity contribution in [1.82, 2.24) is 4.90 Å². The quantitative estimate of drug-likeness (QED) is 0.735. The maximum atomic E-state index is 12.3. The molecule has 7 heteroatoms. The van der Waals surface area contributed by atoms with Crippen molar-refractivity contribution in [2.75, 3.05) is 13.3 Å². The molecule has 2 aliphatic rings. The van der Waals surface area contributed by atoms with Crippen LogP contribution in [0, 0.1) is 0 Å². The van der Waals surface area contributed by atoms with Crippen LogP contribution in [0.2, 0.25) is 0 Å². The largest absolute Gasteiger partial charge is 0.454 e. The molecule has 0 spiro atoms. The van der Waals surface area contributed by atoms with Gasteiger partial charge in [0.25, 0.3) is 11.1 Å². The first-order valence-corrected chi connectivity index (χ1v) is 8.55. The number of thioether (sulfide) groups is 1. The summed E-state index contributed by atoms with van der Waals surface area (Å²) in [6, 6.07) is 3.60. The van der Waals surface area contributed by atoms with Crippen LogP contribution in [0.15, 0.2) is 21.5 Å². The van der Waals surface area contributed by atoms with Crippen LogP contribution in [0.5, 0.6) is 11.5 Å². The first-order valence-electron chi connectivity index (χ1n) is 6.94. The summed E-state index contributed by atoms with van der Waals surface area (Å²) in [6.45, 7) is 2.69. The maximum Gasteiger partial charge on any atom is 0.293 e. The third-order valence-corrected chi connectivity index (χ3v) is 4.98. The number of hydrogen-bond donors (Lipinski definition) is 0. The van der Waals surface area contributed by atoms with E-state index in [1.165, 1.54) is 4.90 Å². The molecular weight excluding hydrogens is 370 g/mol. The van der Waals surface area contributed by atoms with Gasteiger partial charge in [-0.15, -0.1) is 0 Å². The highest BCUT2D eigenvalue weighted by molar-refractivity contribution is 9.10. The van der Waals surface area contributed by atoms with E-state index in [-0.39, 0.29) is 17.9 Å². The predicted molar refractivity (Wildman–Crippen MR) is 87.9 cm³/mol. The molecule has 2 heterocycles. The van der Waals surface area contributed by atoms with Gasteiger partial charge in [0.15, 0.2) is 11.5 Å². The van der Waals surface area contributed by atoms with Crippen LogP contribution in [0.4, 0.5) is 4.79 Å². The van der Waals surface area contributed by atoms with Crippen molar-refractivity contribution in [2.45, 2.75) is 19.8 Å². The molecule has 0 N–H and O–H groups in total.